The Bertz CT molecular complexity index is 154. The topological polar surface area (TPSA) is 3.24 Å². The Morgan fingerprint density at radius 1 is 1.27 bits per heavy atom. The van der Waals surface area contributed by atoms with Gasteiger partial charge in [-0.15, -0.1) is 5.92 Å². The van der Waals surface area contributed by atoms with Crippen molar-refractivity contribution < 1.29 is 0 Å². The molecule has 1 heteroatoms. The van der Waals surface area contributed by atoms with Crippen molar-refractivity contribution in [3.05, 3.63) is 0 Å². The minimum atomic E-state index is 0.249. The first-order valence-corrected chi connectivity index (χ1v) is 4.17. The van der Waals surface area contributed by atoms with Gasteiger partial charge in [0.15, 0.2) is 0 Å². The van der Waals surface area contributed by atoms with Crippen LogP contribution in [-0.4, -0.2) is 23.5 Å². The van der Waals surface area contributed by atoms with Gasteiger partial charge in [-0.2, -0.15) is 0 Å². The fraction of sp³-hybridized carbons (Fsp3) is 0.800. The Balaban J connectivity index is 4.03. The Kier molecular flexibility index (Phi) is 4.22. The highest BCUT2D eigenvalue weighted by atomic mass is 15.2. The zero-order valence-electron chi connectivity index (χ0n) is 8.36. The molecule has 64 valence electrons. The van der Waals surface area contributed by atoms with Gasteiger partial charge in [0.05, 0.1) is 6.54 Å². The van der Waals surface area contributed by atoms with Crippen LogP contribution in [-0.2, 0) is 0 Å². The molecule has 0 rings (SSSR count). The highest BCUT2D eigenvalue weighted by Gasteiger charge is 2.17. The zero-order valence-corrected chi connectivity index (χ0v) is 8.36. The van der Waals surface area contributed by atoms with Gasteiger partial charge in [0, 0.05) is 5.54 Å². The molecule has 11 heavy (non-hydrogen) atoms. The van der Waals surface area contributed by atoms with E-state index in [2.05, 4.69) is 44.4 Å². The summed E-state index contributed by atoms with van der Waals surface area (Å²) in [5, 5.41) is 0. The van der Waals surface area contributed by atoms with Gasteiger partial charge >= 0.3 is 0 Å². The van der Waals surface area contributed by atoms with Gasteiger partial charge in [-0.3, -0.25) is 4.90 Å². The molecule has 0 atom stereocenters. The van der Waals surface area contributed by atoms with Gasteiger partial charge < -0.3 is 0 Å². The van der Waals surface area contributed by atoms with Crippen molar-refractivity contribution in [2.75, 3.05) is 13.1 Å². The fourth-order valence-electron chi connectivity index (χ4n) is 0.998. The lowest BCUT2D eigenvalue weighted by molar-refractivity contribution is 0.166. The zero-order chi connectivity index (χ0) is 8.91. The van der Waals surface area contributed by atoms with E-state index >= 15 is 0 Å². The quantitative estimate of drug-likeness (QED) is 0.549. The molecule has 0 aromatic carbocycles. The predicted octanol–water partition coefficient (Wildman–Crippen LogP) is 2.13. The molecule has 0 unspecified atom stereocenters. The molecule has 0 fully saturated rings. The number of rotatable bonds is 2. The standard InChI is InChI=1S/C10H19N/c1-6-8-9-11(7-2)10(3,4)5/h7,9H2,1-5H3. The smallest absolute Gasteiger partial charge is 0.0605 e. The van der Waals surface area contributed by atoms with Crippen molar-refractivity contribution in [1.29, 1.82) is 0 Å². The molecule has 0 aliphatic rings. The second-order valence-electron chi connectivity index (χ2n) is 3.61. The molecule has 1 nitrogen and oxygen atoms in total. The number of nitrogens with zero attached hydrogens (tertiary/aromatic N) is 1. The first-order valence-electron chi connectivity index (χ1n) is 4.17. The third-order valence-corrected chi connectivity index (χ3v) is 1.78. The molecule has 0 heterocycles. The van der Waals surface area contributed by atoms with Gasteiger partial charge in [0.2, 0.25) is 0 Å². The molecule has 0 aliphatic heterocycles. The maximum absolute atomic E-state index is 3.08. The van der Waals surface area contributed by atoms with Gasteiger partial charge in [-0.05, 0) is 34.2 Å². The number of hydrogen-bond donors (Lipinski definition) is 0. The predicted molar refractivity (Wildman–Crippen MR) is 50.5 cm³/mol. The van der Waals surface area contributed by atoms with Crippen LogP contribution in [0.4, 0.5) is 0 Å². The van der Waals surface area contributed by atoms with Crippen LogP contribution < -0.4 is 0 Å². The summed E-state index contributed by atoms with van der Waals surface area (Å²) in [7, 11) is 0. The van der Waals surface area contributed by atoms with Crippen LogP contribution in [0.2, 0.25) is 0 Å². The second kappa shape index (κ2) is 4.41. The lowest BCUT2D eigenvalue weighted by atomic mass is 10.1. The molecule has 0 amide bonds. The minimum absolute atomic E-state index is 0.249. The third-order valence-electron chi connectivity index (χ3n) is 1.78. The van der Waals surface area contributed by atoms with Crippen molar-refractivity contribution in [3.8, 4) is 11.8 Å². The van der Waals surface area contributed by atoms with Gasteiger partial charge in [-0.1, -0.05) is 12.8 Å². The summed E-state index contributed by atoms with van der Waals surface area (Å²) < 4.78 is 0. The van der Waals surface area contributed by atoms with Crippen LogP contribution in [0.1, 0.15) is 34.6 Å². The first kappa shape index (κ1) is 10.5. The molecular weight excluding hydrogens is 134 g/mol. The second-order valence-corrected chi connectivity index (χ2v) is 3.61. The van der Waals surface area contributed by atoms with E-state index in [1.54, 1.807) is 0 Å². The Hall–Kier alpha value is -0.480. The molecule has 0 saturated carbocycles. The lowest BCUT2D eigenvalue weighted by Crippen LogP contribution is -2.41. The minimum Gasteiger partial charge on any atom is -0.288 e. The van der Waals surface area contributed by atoms with Crippen LogP contribution in [0.3, 0.4) is 0 Å². The summed E-state index contributed by atoms with van der Waals surface area (Å²) in [5.74, 6) is 5.99. The molecule has 0 aliphatic carbocycles. The molecule has 0 bridgehead atoms. The monoisotopic (exact) mass is 153 g/mol. The normalized spacial score (nSPS) is 11.1. The van der Waals surface area contributed by atoms with Crippen molar-refractivity contribution >= 4 is 0 Å². The summed E-state index contributed by atoms with van der Waals surface area (Å²) in [6, 6.07) is 0. The van der Waals surface area contributed by atoms with Crippen molar-refractivity contribution in [3.63, 3.8) is 0 Å². The molecular formula is C10H19N. The maximum atomic E-state index is 3.08. The summed E-state index contributed by atoms with van der Waals surface area (Å²) >= 11 is 0. The highest BCUT2D eigenvalue weighted by molar-refractivity contribution is 4.99. The van der Waals surface area contributed by atoms with Crippen LogP contribution >= 0.6 is 0 Å². The van der Waals surface area contributed by atoms with Crippen LogP contribution in [0.25, 0.3) is 0 Å². The number of hydrogen-bond acceptors (Lipinski definition) is 1. The van der Waals surface area contributed by atoms with Gasteiger partial charge in [-0.25, -0.2) is 0 Å². The van der Waals surface area contributed by atoms with Crippen LogP contribution in [0.15, 0.2) is 0 Å². The highest BCUT2D eigenvalue weighted by Crippen LogP contribution is 2.10. The van der Waals surface area contributed by atoms with E-state index in [0.29, 0.717) is 0 Å². The summed E-state index contributed by atoms with van der Waals surface area (Å²) in [5.41, 5.74) is 0.249. The molecule has 0 aromatic rings. The fourth-order valence-corrected chi connectivity index (χ4v) is 0.998. The first-order chi connectivity index (χ1) is 5.02. The van der Waals surface area contributed by atoms with E-state index < -0.39 is 0 Å². The molecule has 0 spiro atoms. The maximum Gasteiger partial charge on any atom is 0.0605 e. The average molecular weight is 153 g/mol. The molecule has 0 N–H and O–H groups in total. The molecule has 0 aromatic heterocycles. The largest absolute Gasteiger partial charge is 0.288 e. The average Bonchev–Trinajstić information content (AvgIpc) is 1.87. The van der Waals surface area contributed by atoms with Crippen molar-refractivity contribution in [1.82, 2.24) is 4.90 Å². The van der Waals surface area contributed by atoms with E-state index in [9.17, 15) is 0 Å². The van der Waals surface area contributed by atoms with E-state index in [1.165, 1.54) is 0 Å². The van der Waals surface area contributed by atoms with Gasteiger partial charge in [0.1, 0.15) is 0 Å². The van der Waals surface area contributed by atoms with Crippen molar-refractivity contribution in [2.24, 2.45) is 0 Å². The Morgan fingerprint density at radius 2 is 1.82 bits per heavy atom. The van der Waals surface area contributed by atoms with E-state index in [-0.39, 0.29) is 5.54 Å². The van der Waals surface area contributed by atoms with Crippen LogP contribution in [0.5, 0.6) is 0 Å². The summed E-state index contributed by atoms with van der Waals surface area (Å²) in [6.45, 7) is 12.7. The van der Waals surface area contributed by atoms with E-state index in [4.69, 9.17) is 0 Å². The van der Waals surface area contributed by atoms with Crippen LogP contribution in [0, 0.1) is 11.8 Å². The summed E-state index contributed by atoms with van der Waals surface area (Å²) in [6.07, 6.45) is 0. The SMILES string of the molecule is CC#CCN(CC)C(C)(C)C. The van der Waals surface area contributed by atoms with Crippen molar-refractivity contribution in [2.45, 2.75) is 40.2 Å². The van der Waals surface area contributed by atoms with E-state index in [0.717, 1.165) is 13.1 Å². The third kappa shape index (κ3) is 4.06. The van der Waals surface area contributed by atoms with E-state index in [1.807, 2.05) is 6.92 Å². The molecule has 0 saturated heterocycles. The Labute approximate surface area is 70.8 Å². The lowest BCUT2D eigenvalue weighted by Gasteiger charge is -2.32. The van der Waals surface area contributed by atoms with Gasteiger partial charge in [0.25, 0.3) is 0 Å². The summed E-state index contributed by atoms with van der Waals surface area (Å²) in [4.78, 5) is 2.35. The molecule has 0 radical (unpaired) electrons. The Morgan fingerprint density at radius 3 is 2.09 bits per heavy atom.